The molecule has 124 valence electrons. The number of methoxy groups -OCH3 is 1. The lowest BCUT2D eigenvalue weighted by Gasteiger charge is -2.35. The Bertz CT molecular complexity index is 522. The van der Waals surface area contributed by atoms with Crippen molar-refractivity contribution in [1.29, 1.82) is 0 Å². The van der Waals surface area contributed by atoms with Crippen LogP contribution in [-0.2, 0) is 11.2 Å². The van der Waals surface area contributed by atoms with Gasteiger partial charge in [0, 0.05) is 17.5 Å². The molecule has 2 rings (SSSR count). The fourth-order valence-electron chi connectivity index (χ4n) is 3.08. The molecule has 0 bridgehead atoms. The fourth-order valence-corrected chi connectivity index (χ4v) is 4.13. The van der Waals surface area contributed by atoms with E-state index in [9.17, 15) is 4.79 Å². The Kier molecular flexibility index (Phi) is 5.83. The zero-order valence-corrected chi connectivity index (χ0v) is 14.8. The van der Waals surface area contributed by atoms with Crippen molar-refractivity contribution < 1.29 is 9.53 Å². The number of rotatable bonds is 5. The van der Waals surface area contributed by atoms with Gasteiger partial charge >= 0.3 is 5.97 Å². The summed E-state index contributed by atoms with van der Waals surface area (Å²) in [5, 5.41) is 0.571. The molecule has 0 aliphatic carbocycles. The first-order valence-corrected chi connectivity index (χ1v) is 8.60. The van der Waals surface area contributed by atoms with Gasteiger partial charge in [-0.25, -0.2) is 4.79 Å². The third kappa shape index (κ3) is 3.80. The lowest BCUT2D eigenvalue weighted by Crippen LogP contribution is -2.42. The third-order valence-electron chi connectivity index (χ3n) is 4.67. The number of ether oxygens (including phenoxy) is 1. The summed E-state index contributed by atoms with van der Waals surface area (Å²) in [6, 6.07) is 0.661. The molecule has 6 heteroatoms. The van der Waals surface area contributed by atoms with Crippen molar-refractivity contribution in [2.45, 2.75) is 32.2 Å². The van der Waals surface area contributed by atoms with Gasteiger partial charge in [-0.1, -0.05) is 0 Å². The SMILES string of the molecule is COC(=O)c1c(N)sc(CCN(C)C2CCN(C)CC2)c1C. The van der Waals surface area contributed by atoms with Gasteiger partial charge in [0.25, 0.3) is 0 Å². The van der Waals surface area contributed by atoms with Gasteiger partial charge in [-0.2, -0.15) is 0 Å². The summed E-state index contributed by atoms with van der Waals surface area (Å²) in [6.45, 7) is 5.30. The largest absolute Gasteiger partial charge is 0.465 e. The molecule has 1 fully saturated rings. The van der Waals surface area contributed by atoms with Gasteiger partial charge in [-0.3, -0.25) is 0 Å². The van der Waals surface area contributed by atoms with E-state index in [0.29, 0.717) is 16.6 Å². The highest BCUT2D eigenvalue weighted by molar-refractivity contribution is 7.16. The van der Waals surface area contributed by atoms with Gasteiger partial charge in [0.2, 0.25) is 0 Å². The van der Waals surface area contributed by atoms with Crippen LogP contribution in [0.1, 0.15) is 33.6 Å². The first-order valence-electron chi connectivity index (χ1n) is 7.78. The smallest absolute Gasteiger partial charge is 0.341 e. The van der Waals surface area contributed by atoms with Gasteiger partial charge in [0.1, 0.15) is 5.00 Å². The molecule has 0 aromatic carbocycles. The van der Waals surface area contributed by atoms with E-state index in [1.54, 1.807) is 0 Å². The van der Waals surface area contributed by atoms with Crippen LogP contribution in [0.2, 0.25) is 0 Å². The van der Waals surface area contributed by atoms with Crippen molar-refractivity contribution in [2.75, 3.05) is 46.6 Å². The Morgan fingerprint density at radius 1 is 1.45 bits per heavy atom. The van der Waals surface area contributed by atoms with E-state index in [1.807, 2.05) is 6.92 Å². The zero-order valence-electron chi connectivity index (χ0n) is 14.0. The maximum Gasteiger partial charge on any atom is 0.341 e. The van der Waals surface area contributed by atoms with Crippen molar-refractivity contribution in [3.05, 3.63) is 16.0 Å². The third-order valence-corrected chi connectivity index (χ3v) is 5.85. The quantitative estimate of drug-likeness (QED) is 0.839. The monoisotopic (exact) mass is 325 g/mol. The van der Waals surface area contributed by atoms with Crippen molar-refractivity contribution in [1.82, 2.24) is 9.80 Å². The molecule has 1 aromatic rings. The predicted molar refractivity (Wildman–Crippen MR) is 91.7 cm³/mol. The number of piperidine rings is 1. The summed E-state index contributed by atoms with van der Waals surface area (Å²) < 4.78 is 4.81. The summed E-state index contributed by atoms with van der Waals surface area (Å²) >= 11 is 1.52. The number of esters is 1. The van der Waals surface area contributed by atoms with Crippen molar-refractivity contribution in [3.8, 4) is 0 Å². The second kappa shape index (κ2) is 7.44. The summed E-state index contributed by atoms with van der Waals surface area (Å²) in [7, 11) is 5.78. The zero-order chi connectivity index (χ0) is 16.3. The molecule has 0 unspecified atom stereocenters. The van der Waals surface area contributed by atoms with Crippen LogP contribution >= 0.6 is 11.3 Å². The van der Waals surface area contributed by atoms with Crippen molar-refractivity contribution >= 4 is 22.3 Å². The molecule has 0 atom stereocenters. The summed E-state index contributed by atoms with van der Waals surface area (Å²) in [6.07, 6.45) is 3.39. The van der Waals surface area contributed by atoms with Gasteiger partial charge in [-0.15, -0.1) is 11.3 Å². The lowest BCUT2D eigenvalue weighted by molar-refractivity contribution is 0.0601. The Morgan fingerprint density at radius 2 is 2.09 bits per heavy atom. The highest BCUT2D eigenvalue weighted by atomic mass is 32.1. The fraction of sp³-hybridized carbons (Fsp3) is 0.688. The van der Waals surface area contributed by atoms with E-state index in [0.717, 1.165) is 18.5 Å². The summed E-state index contributed by atoms with van der Waals surface area (Å²) in [4.78, 5) is 17.8. The number of nitrogen functional groups attached to an aromatic ring is 1. The van der Waals surface area contributed by atoms with Crippen LogP contribution < -0.4 is 5.73 Å². The normalized spacial score (nSPS) is 17.1. The molecular formula is C16H27N3O2S. The topological polar surface area (TPSA) is 58.8 Å². The van der Waals surface area contributed by atoms with E-state index in [4.69, 9.17) is 10.5 Å². The van der Waals surface area contributed by atoms with Gasteiger partial charge in [0.15, 0.2) is 0 Å². The van der Waals surface area contributed by atoms with Crippen LogP contribution in [0.25, 0.3) is 0 Å². The molecule has 1 aliphatic rings. The van der Waals surface area contributed by atoms with Gasteiger partial charge in [-0.05, 0) is 58.9 Å². The van der Waals surface area contributed by atoms with Gasteiger partial charge < -0.3 is 20.3 Å². The molecule has 22 heavy (non-hydrogen) atoms. The molecular weight excluding hydrogens is 298 g/mol. The number of likely N-dealkylation sites (tertiary alicyclic amines) is 1. The standard InChI is InChI=1S/C16H27N3O2S/c1-11-13(22-15(17)14(11)16(20)21-4)7-10-19(3)12-5-8-18(2)9-6-12/h12H,5-10,17H2,1-4H3. The molecule has 0 saturated carbocycles. The van der Waals surface area contributed by atoms with Crippen LogP contribution in [0.4, 0.5) is 5.00 Å². The van der Waals surface area contributed by atoms with E-state index in [-0.39, 0.29) is 5.97 Å². The van der Waals surface area contributed by atoms with E-state index in [1.165, 1.54) is 49.3 Å². The molecule has 0 amide bonds. The first-order chi connectivity index (χ1) is 10.4. The number of hydrogen-bond acceptors (Lipinski definition) is 6. The average Bonchev–Trinajstić information content (AvgIpc) is 2.79. The Balaban J connectivity index is 1.95. The minimum atomic E-state index is -0.332. The molecule has 0 spiro atoms. The number of nitrogens with zero attached hydrogens (tertiary/aromatic N) is 2. The number of carbonyl (C=O) groups excluding carboxylic acids is 1. The van der Waals surface area contributed by atoms with Gasteiger partial charge in [0.05, 0.1) is 12.7 Å². The number of hydrogen-bond donors (Lipinski definition) is 1. The first kappa shape index (κ1) is 17.2. The van der Waals surface area contributed by atoms with Crippen LogP contribution in [0.5, 0.6) is 0 Å². The number of carbonyl (C=O) groups is 1. The van der Waals surface area contributed by atoms with E-state index < -0.39 is 0 Å². The summed E-state index contributed by atoms with van der Waals surface area (Å²) in [5.74, 6) is -0.332. The van der Waals surface area contributed by atoms with E-state index in [2.05, 4.69) is 23.9 Å². The van der Waals surface area contributed by atoms with E-state index >= 15 is 0 Å². The molecule has 1 saturated heterocycles. The summed E-state index contributed by atoms with van der Waals surface area (Å²) in [5.41, 5.74) is 7.51. The number of likely N-dealkylation sites (N-methyl/N-ethyl adjacent to an activating group) is 1. The highest BCUT2D eigenvalue weighted by Crippen LogP contribution is 2.31. The number of anilines is 1. The maximum atomic E-state index is 11.8. The minimum Gasteiger partial charge on any atom is -0.465 e. The maximum absolute atomic E-state index is 11.8. The Labute approximate surface area is 137 Å². The van der Waals surface area contributed by atoms with Crippen LogP contribution in [-0.4, -0.2) is 62.7 Å². The van der Waals surface area contributed by atoms with Crippen LogP contribution in [0.3, 0.4) is 0 Å². The van der Waals surface area contributed by atoms with Crippen molar-refractivity contribution in [2.24, 2.45) is 0 Å². The number of nitrogens with two attached hydrogens (primary N) is 1. The Hall–Kier alpha value is -1.11. The molecule has 5 nitrogen and oxygen atoms in total. The van der Waals surface area contributed by atoms with Crippen molar-refractivity contribution in [3.63, 3.8) is 0 Å². The average molecular weight is 325 g/mol. The molecule has 2 heterocycles. The second-order valence-corrected chi connectivity index (χ2v) is 7.28. The Morgan fingerprint density at radius 3 is 2.68 bits per heavy atom. The highest BCUT2D eigenvalue weighted by Gasteiger charge is 2.23. The molecule has 1 aromatic heterocycles. The predicted octanol–water partition coefficient (Wildman–Crippen LogP) is 1.99. The molecule has 0 radical (unpaired) electrons. The molecule has 1 aliphatic heterocycles. The number of thiophene rings is 1. The molecule has 2 N–H and O–H groups in total. The van der Waals surface area contributed by atoms with Crippen LogP contribution in [0.15, 0.2) is 0 Å². The van der Waals surface area contributed by atoms with Crippen LogP contribution in [0, 0.1) is 6.92 Å². The minimum absolute atomic E-state index is 0.332. The second-order valence-electron chi connectivity index (χ2n) is 6.15. The lowest BCUT2D eigenvalue weighted by atomic mass is 10.0.